The molecule has 1 heterocycles. The summed E-state index contributed by atoms with van der Waals surface area (Å²) in [5.41, 5.74) is 0.799. The Labute approximate surface area is 119 Å². The maximum atomic E-state index is 11.9. The van der Waals surface area contributed by atoms with Crippen LogP contribution in [0.25, 0.3) is 0 Å². The van der Waals surface area contributed by atoms with Gasteiger partial charge in [0.2, 0.25) is 5.89 Å². The number of halogens is 2. The average Bonchev–Trinajstić information content (AvgIpc) is 2.91. The zero-order valence-corrected chi connectivity index (χ0v) is 11.1. The van der Waals surface area contributed by atoms with Gasteiger partial charge >= 0.3 is 0 Å². The number of rotatable bonds is 8. The summed E-state index contributed by atoms with van der Waals surface area (Å²) >= 11 is 0. The molecule has 8 heteroatoms. The van der Waals surface area contributed by atoms with E-state index in [1.54, 1.807) is 24.3 Å². The van der Waals surface area contributed by atoms with Crippen LogP contribution < -0.4 is 5.32 Å². The van der Waals surface area contributed by atoms with Crippen LogP contribution in [0.15, 0.2) is 28.8 Å². The van der Waals surface area contributed by atoms with Crippen molar-refractivity contribution in [1.29, 1.82) is 0 Å². The predicted octanol–water partition coefficient (Wildman–Crippen LogP) is 2.21. The number of nitrogens with one attached hydrogen (secondary N) is 1. The third-order valence-corrected chi connectivity index (χ3v) is 2.54. The van der Waals surface area contributed by atoms with Crippen LogP contribution in [0.2, 0.25) is 0 Å². The Hall–Kier alpha value is -2.22. The first-order valence-electron chi connectivity index (χ1n) is 6.34. The maximum Gasteiger partial charge on any atom is 0.261 e. The molecule has 2 rings (SSSR count). The number of ether oxygens (including phenoxy) is 1. The van der Waals surface area contributed by atoms with Crippen molar-refractivity contribution in [1.82, 2.24) is 10.1 Å². The molecule has 0 saturated heterocycles. The molecule has 0 aliphatic heterocycles. The number of aromatic hydroxyl groups is 1. The molecule has 0 radical (unpaired) electrons. The highest BCUT2D eigenvalue weighted by Crippen LogP contribution is 2.14. The number of phenolic OH excluding ortho intramolecular Hbond substituents is 1. The highest BCUT2D eigenvalue weighted by Gasteiger charge is 2.07. The molecule has 0 fully saturated rings. The summed E-state index contributed by atoms with van der Waals surface area (Å²) in [7, 11) is 0. The topological polar surface area (TPSA) is 80.4 Å². The highest BCUT2D eigenvalue weighted by atomic mass is 19.3. The predicted molar refractivity (Wildman–Crippen MR) is 70.3 cm³/mol. The van der Waals surface area contributed by atoms with Gasteiger partial charge in [-0.05, 0) is 24.3 Å². The number of aromatic nitrogens is 2. The Kier molecular flexibility index (Phi) is 5.44. The van der Waals surface area contributed by atoms with Crippen LogP contribution in [0.3, 0.4) is 0 Å². The number of alkyl halides is 2. The number of benzene rings is 1. The van der Waals surface area contributed by atoms with Crippen molar-refractivity contribution in [2.45, 2.75) is 19.4 Å². The molecule has 0 saturated carbocycles. The maximum absolute atomic E-state index is 11.9. The molecule has 1 aromatic carbocycles. The number of hydrogen-bond donors (Lipinski definition) is 2. The first-order valence-corrected chi connectivity index (χ1v) is 6.34. The van der Waals surface area contributed by atoms with E-state index in [1.807, 2.05) is 0 Å². The SMILES string of the molecule is Oc1ccc(NCc2nc(CCOCC(F)F)no2)cc1. The third-order valence-electron chi connectivity index (χ3n) is 2.54. The second-order valence-electron chi connectivity index (χ2n) is 4.22. The lowest BCUT2D eigenvalue weighted by atomic mass is 10.3. The molecule has 2 N–H and O–H groups in total. The zero-order valence-electron chi connectivity index (χ0n) is 11.1. The number of phenols is 1. The van der Waals surface area contributed by atoms with Crippen LogP contribution in [0.1, 0.15) is 11.7 Å². The minimum Gasteiger partial charge on any atom is -0.508 e. The van der Waals surface area contributed by atoms with Gasteiger partial charge in [-0.2, -0.15) is 4.98 Å². The summed E-state index contributed by atoms with van der Waals surface area (Å²) < 4.78 is 33.5. The molecule has 1 aromatic heterocycles. The Morgan fingerprint density at radius 3 is 2.76 bits per heavy atom. The molecule has 0 aliphatic carbocycles. The largest absolute Gasteiger partial charge is 0.508 e. The van der Waals surface area contributed by atoms with Gasteiger partial charge in [-0.25, -0.2) is 8.78 Å². The van der Waals surface area contributed by atoms with Gasteiger partial charge in [0.1, 0.15) is 12.4 Å². The van der Waals surface area contributed by atoms with E-state index in [4.69, 9.17) is 14.4 Å². The molecule has 0 aliphatic rings. The van der Waals surface area contributed by atoms with Gasteiger partial charge in [0.05, 0.1) is 13.2 Å². The normalized spacial score (nSPS) is 11.0. The first kappa shape index (κ1) is 15.2. The van der Waals surface area contributed by atoms with E-state index in [9.17, 15) is 8.78 Å². The van der Waals surface area contributed by atoms with Gasteiger partial charge in [-0.15, -0.1) is 0 Å². The quantitative estimate of drug-likeness (QED) is 0.574. The lowest BCUT2D eigenvalue weighted by molar-refractivity contribution is 0.0182. The molecule has 21 heavy (non-hydrogen) atoms. The van der Waals surface area contributed by atoms with Gasteiger partial charge in [-0.3, -0.25) is 0 Å². The van der Waals surface area contributed by atoms with E-state index in [2.05, 4.69) is 15.5 Å². The van der Waals surface area contributed by atoms with Crippen molar-refractivity contribution in [2.75, 3.05) is 18.5 Å². The smallest absolute Gasteiger partial charge is 0.261 e. The Balaban J connectivity index is 1.73. The summed E-state index contributed by atoms with van der Waals surface area (Å²) in [6.45, 7) is -0.141. The first-order chi connectivity index (χ1) is 10.1. The highest BCUT2D eigenvalue weighted by molar-refractivity contribution is 5.45. The minimum atomic E-state index is -2.47. The van der Waals surface area contributed by atoms with E-state index < -0.39 is 13.0 Å². The summed E-state index contributed by atoms with van der Waals surface area (Å²) in [4.78, 5) is 4.10. The van der Waals surface area contributed by atoms with E-state index in [0.29, 0.717) is 24.7 Å². The van der Waals surface area contributed by atoms with E-state index >= 15 is 0 Å². The van der Waals surface area contributed by atoms with Crippen molar-refractivity contribution in [3.8, 4) is 5.75 Å². The summed E-state index contributed by atoms with van der Waals surface area (Å²) in [5.74, 6) is 0.975. The molecular formula is C13H15F2N3O3. The molecule has 0 atom stereocenters. The number of anilines is 1. The second kappa shape index (κ2) is 7.53. The molecular weight excluding hydrogens is 284 g/mol. The molecule has 0 bridgehead atoms. The van der Waals surface area contributed by atoms with E-state index in [1.165, 1.54) is 0 Å². The van der Waals surface area contributed by atoms with Gasteiger partial charge in [0.15, 0.2) is 5.82 Å². The van der Waals surface area contributed by atoms with Crippen molar-refractivity contribution >= 4 is 5.69 Å². The van der Waals surface area contributed by atoms with Gasteiger partial charge in [0, 0.05) is 12.1 Å². The van der Waals surface area contributed by atoms with Gasteiger partial charge in [-0.1, -0.05) is 5.16 Å². The van der Waals surface area contributed by atoms with Gasteiger partial charge < -0.3 is 19.7 Å². The van der Waals surface area contributed by atoms with Crippen LogP contribution in [0, 0.1) is 0 Å². The molecule has 2 aromatic rings. The van der Waals surface area contributed by atoms with Crippen molar-refractivity contribution in [3.63, 3.8) is 0 Å². The van der Waals surface area contributed by atoms with Crippen molar-refractivity contribution in [3.05, 3.63) is 36.0 Å². The van der Waals surface area contributed by atoms with Crippen LogP contribution in [0.4, 0.5) is 14.5 Å². The van der Waals surface area contributed by atoms with E-state index in [0.717, 1.165) is 5.69 Å². The fourth-order valence-electron chi connectivity index (χ4n) is 1.56. The average molecular weight is 299 g/mol. The van der Waals surface area contributed by atoms with Crippen LogP contribution >= 0.6 is 0 Å². The van der Waals surface area contributed by atoms with Crippen LogP contribution in [-0.2, 0) is 17.7 Å². The van der Waals surface area contributed by atoms with Crippen LogP contribution in [-0.4, -0.2) is 34.9 Å². The third kappa shape index (κ3) is 5.35. The summed E-state index contributed by atoms with van der Waals surface area (Å²) in [6, 6.07) is 6.54. The molecule has 0 spiro atoms. The Morgan fingerprint density at radius 1 is 1.29 bits per heavy atom. The second-order valence-corrected chi connectivity index (χ2v) is 4.22. The Bertz CT molecular complexity index is 546. The molecule has 6 nitrogen and oxygen atoms in total. The van der Waals surface area contributed by atoms with E-state index in [-0.39, 0.29) is 12.4 Å². The number of hydrogen-bond acceptors (Lipinski definition) is 6. The van der Waals surface area contributed by atoms with Crippen LogP contribution in [0.5, 0.6) is 5.75 Å². The molecule has 114 valence electrons. The monoisotopic (exact) mass is 299 g/mol. The summed E-state index contributed by atoms with van der Waals surface area (Å²) in [5, 5.41) is 15.9. The molecule has 0 unspecified atom stereocenters. The fourth-order valence-corrected chi connectivity index (χ4v) is 1.56. The van der Waals surface area contributed by atoms with Crippen molar-refractivity contribution < 1.29 is 23.1 Å². The lowest BCUT2D eigenvalue weighted by Crippen LogP contribution is -2.07. The zero-order chi connectivity index (χ0) is 15.1. The Morgan fingerprint density at radius 2 is 2.05 bits per heavy atom. The summed E-state index contributed by atoms with van der Waals surface area (Å²) in [6.07, 6.45) is -2.16. The lowest BCUT2D eigenvalue weighted by Gasteiger charge is -2.02. The molecule has 0 amide bonds. The van der Waals surface area contributed by atoms with Crippen molar-refractivity contribution in [2.24, 2.45) is 0 Å². The number of nitrogens with zero attached hydrogens (tertiary/aromatic N) is 2. The minimum absolute atomic E-state index is 0.120. The fraction of sp³-hybridized carbons (Fsp3) is 0.385. The standard InChI is InChI=1S/C13H15F2N3O3/c14-11(15)8-20-6-5-12-17-13(21-18-12)7-16-9-1-3-10(19)4-2-9/h1-4,11,16,19H,5-8H2. The van der Waals surface area contributed by atoms with Gasteiger partial charge in [0.25, 0.3) is 6.43 Å².